The van der Waals surface area contributed by atoms with Crippen molar-refractivity contribution < 1.29 is 9.53 Å². The smallest absolute Gasteiger partial charge is 0.244 e. The number of benzene rings is 1. The van der Waals surface area contributed by atoms with E-state index in [4.69, 9.17) is 4.74 Å². The van der Waals surface area contributed by atoms with Crippen LogP contribution in [0.25, 0.3) is 0 Å². The second kappa shape index (κ2) is 7.26. The molecule has 0 saturated heterocycles. The first-order valence-electron chi connectivity index (χ1n) is 6.64. The Morgan fingerprint density at radius 1 is 1.32 bits per heavy atom. The molecule has 1 aromatic carbocycles. The molecule has 1 aromatic rings. The van der Waals surface area contributed by atoms with Gasteiger partial charge in [-0.05, 0) is 38.4 Å². The van der Waals surface area contributed by atoms with E-state index in [9.17, 15) is 4.79 Å². The normalized spacial score (nSPS) is 11.4. The van der Waals surface area contributed by atoms with Crippen LogP contribution in [0.5, 0.6) is 0 Å². The van der Waals surface area contributed by atoms with Crippen LogP contribution in [0.2, 0.25) is 0 Å². The summed E-state index contributed by atoms with van der Waals surface area (Å²) in [6.07, 6.45) is 0.786. The quantitative estimate of drug-likeness (QED) is 0.794. The van der Waals surface area contributed by atoms with E-state index in [1.807, 2.05) is 45.0 Å². The van der Waals surface area contributed by atoms with Gasteiger partial charge in [-0.3, -0.25) is 4.79 Å². The van der Waals surface area contributed by atoms with Crippen molar-refractivity contribution in [1.29, 1.82) is 0 Å². The zero-order chi connectivity index (χ0) is 14.3. The number of methoxy groups -OCH3 is 1. The minimum Gasteiger partial charge on any atom is -0.384 e. The molecule has 0 unspecified atom stereocenters. The lowest BCUT2D eigenvalue weighted by Crippen LogP contribution is -2.49. The van der Waals surface area contributed by atoms with Gasteiger partial charge in [-0.15, -0.1) is 0 Å². The van der Waals surface area contributed by atoms with Crippen molar-refractivity contribution in [2.24, 2.45) is 0 Å². The number of likely N-dealkylation sites (N-methyl/N-ethyl adjacent to an activating group) is 1. The summed E-state index contributed by atoms with van der Waals surface area (Å²) in [4.78, 5) is 12.2. The molecule has 0 heterocycles. The lowest BCUT2D eigenvalue weighted by Gasteiger charge is -2.25. The molecule has 106 valence electrons. The molecule has 4 heteroatoms. The third-order valence-electron chi connectivity index (χ3n) is 3.03. The van der Waals surface area contributed by atoms with Gasteiger partial charge >= 0.3 is 0 Å². The van der Waals surface area contributed by atoms with Gasteiger partial charge in [-0.2, -0.15) is 0 Å². The fourth-order valence-electron chi connectivity index (χ4n) is 1.87. The number of hydrogen-bond donors (Lipinski definition) is 2. The number of ether oxygens (including phenoxy) is 1. The van der Waals surface area contributed by atoms with Crippen molar-refractivity contribution in [3.63, 3.8) is 0 Å². The maximum absolute atomic E-state index is 12.2. The van der Waals surface area contributed by atoms with Gasteiger partial charge < -0.3 is 15.4 Å². The van der Waals surface area contributed by atoms with E-state index in [0.717, 1.165) is 24.2 Å². The molecule has 0 aliphatic carbocycles. The Kier molecular flexibility index (Phi) is 5.99. The molecular formula is C15H24N2O2. The highest BCUT2D eigenvalue weighted by Crippen LogP contribution is 2.17. The largest absolute Gasteiger partial charge is 0.384 e. The first-order valence-corrected chi connectivity index (χ1v) is 6.64. The maximum atomic E-state index is 12.2. The van der Waals surface area contributed by atoms with Gasteiger partial charge in [0.2, 0.25) is 5.91 Å². The first kappa shape index (κ1) is 15.7. The van der Waals surface area contributed by atoms with Crippen molar-refractivity contribution in [2.45, 2.75) is 32.7 Å². The molecule has 4 nitrogen and oxygen atoms in total. The summed E-state index contributed by atoms with van der Waals surface area (Å²) in [5, 5.41) is 6.16. The maximum Gasteiger partial charge on any atom is 0.244 e. The minimum absolute atomic E-state index is 0.0285. The highest BCUT2D eigenvalue weighted by atomic mass is 16.5. The highest BCUT2D eigenvalue weighted by molar-refractivity contribution is 5.98. The van der Waals surface area contributed by atoms with Crippen LogP contribution in [-0.2, 0) is 16.0 Å². The lowest BCUT2D eigenvalue weighted by molar-refractivity contribution is -0.121. The monoisotopic (exact) mass is 264 g/mol. The van der Waals surface area contributed by atoms with Crippen LogP contribution in [-0.4, -0.2) is 31.7 Å². The van der Waals surface area contributed by atoms with E-state index in [0.29, 0.717) is 6.61 Å². The molecule has 0 aliphatic heterocycles. The predicted molar refractivity (Wildman–Crippen MR) is 78.4 cm³/mol. The summed E-state index contributed by atoms with van der Waals surface area (Å²) in [6.45, 7) is 7.14. The molecule has 19 heavy (non-hydrogen) atoms. The van der Waals surface area contributed by atoms with Gasteiger partial charge in [-0.1, -0.05) is 25.1 Å². The summed E-state index contributed by atoms with van der Waals surface area (Å²) >= 11 is 0. The summed E-state index contributed by atoms with van der Waals surface area (Å²) in [5.74, 6) is -0.0285. The zero-order valence-corrected chi connectivity index (χ0v) is 12.2. The summed E-state index contributed by atoms with van der Waals surface area (Å²) in [7, 11) is 1.68. The molecule has 0 aliphatic rings. The van der Waals surface area contributed by atoms with Gasteiger partial charge in [0.1, 0.15) is 0 Å². The first-order chi connectivity index (χ1) is 9.01. The molecule has 0 fully saturated rings. The summed E-state index contributed by atoms with van der Waals surface area (Å²) in [5.41, 5.74) is 1.36. The van der Waals surface area contributed by atoms with E-state index in [2.05, 4.69) is 10.6 Å². The Bertz CT molecular complexity index is 416. The Hall–Kier alpha value is -1.39. The third-order valence-corrected chi connectivity index (χ3v) is 3.03. The molecule has 0 saturated carbocycles. The van der Waals surface area contributed by atoms with Crippen LogP contribution in [0, 0.1) is 0 Å². The number of carbonyl (C=O) groups excluding carboxylic acids is 1. The van der Waals surface area contributed by atoms with Crippen molar-refractivity contribution in [2.75, 3.05) is 25.6 Å². The summed E-state index contributed by atoms with van der Waals surface area (Å²) < 4.78 is 5.09. The van der Waals surface area contributed by atoms with Crippen LogP contribution < -0.4 is 10.6 Å². The van der Waals surface area contributed by atoms with E-state index < -0.39 is 5.54 Å². The highest BCUT2D eigenvalue weighted by Gasteiger charge is 2.26. The minimum atomic E-state index is -0.580. The molecule has 0 spiro atoms. The van der Waals surface area contributed by atoms with Crippen LogP contribution in [0.4, 0.5) is 5.69 Å². The molecule has 2 N–H and O–H groups in total. The van der Waals surface area contributed by atoms with Crippen LogP contribution in [0.15, 0.2) is 24.3 Å². The Balaban J connectivity index is 2.78. The molecular weight excluding hydrogens is 240 g/mol. The van der Waals surface area contributed by atoms with E-state index >= 15 is 0 Å². The van der Waals surface area contributed by atoms with Crippen molar-refractivity contribution in [3.8, 4) is 0 Å². The standard InChI is InChI=1S/C15H24N2O2/c1-5-16-15(2,3)14(18)17-13-9-7-6-8-12(13)10-11-19-4/h6-9,16H,5,10-11H2,1-4H3,(H,17,18). The lowest BCUT2D eigenvalue weighted by atomic mass is 10.0. The van der Waals surface area contributed by atoms with Crippen molar-refractivity contribution in [3.05, 3.63) is 29.8 Å². The number of amides is 1. The number of carbonyl (C=O) groups is 1. The van der Waals surface area contributed by atoms with Gasteiger partial charge in [-0.25, -0.2) is 0 Å². The predicted octanol–water partition coefficient (Wildman–Crippen LogP) is 2.20. The molecule has 0 bridgehead atoms. The van der Waals surface area contributed by atoms with E-state index in [1.54, 1.807) is 7.11 Å². The molecule has 1 amide bonds. The SMILES string of the molecule is CCNC(C)(C)C(=O)Nc1ccccc1CCOC. The molecule has 0 aromatic heterocycles. The second-order valence-corrected chi connectivity index (χ2v) is 5.01. The van der Waals surface area contributed by atoms with Crippen LogP contribution >= 0.6 is 0 Å². The van der Waals surface area contributed by atoms with Gasteiger partial charge in [0.15, 0.2) is 0 Å². The average molecular weight is 264 g/mol. The summed E-state index contributed by atoms with van der Waals surface area (Å²) in [6, 6.07) is 7.82. The van der Waals surface area contributed by atoms with Crippen LogP contribution in [0.1, 0.15) is 26.3 Å². The number of para-hydroxylation sites is 1. The average Bonchev–Trinajstić information content (AvgIpc) is 2.37. The van der Waals surface area contributed by atoms with Crippen LogP contribution in [0.3, 0.4) is 0 Å². The van der Waals surface area contributed by atoms with E-state index in [-0.39, 0.29) is 5.91 Å². The number of hydrogen-bond acceptors (Lipinski definition) is 3. The second-order valence-electron chi connectivity index (χ2n) is 5.01. The van der Waals surface area contributed by atoms with Crippen molar-refractivity contribution >= 4 is 11.6 Å². The van der Waals surface area contributed by atoms with Crippen molar-refractivity contribution in [1.82, 2.24) is 5.32 Å². The Morgan fingerprint density at radius 2 is 2.00 bits per heavy atom. The van der Waals surface area contributed by atoms with Gasteiger partial charge in [0, 0.05) is 12.8 Å². The third kappa shape index (κ3) is 4.65. The van der Waals surface area contributed by atoms with E-state index in [1.165, 1.54) is 0 Å². The Morgan fingerprint density at radius 3 is 2.63 bits per heavy atom. The fourth-order valence-corrected chi connectivity index (χ4v) is 1.87. The van der Waals surface area contributed by atoms with Gasteiger partial charge in [0.25, 0.3) is 0 Å². The number of rotatable bonds is 7. The molecule has 0 radical (unpaired) electrons. The molecule has 0 atom stereocenters. The number of anilines is 1. The number of nitrogens with one attached hydrogen (secondary N) is 2. The topological polar surface area (TPSA) is 50.4 Å². The molecule has 1 rings (SSSR count). The Labute approximate surface area is 115 Å². The zero-order valence-electron chi connectivity index (χ0n) is 12.2. The van der Waals surface area contributed by atoms with Gasteiger partial charge in [0.05, 0.1) is 12.1 Å². The fraction of sp³-hybridized carbons (Fsp3) is 0.533.